The Balaban J connectivity index is 2.05. The third kappa shape index (κ3) is 4.82. The predicted octanol–water partition coefficient (Wildman–Crippen LogP) is 2.98. The highest BCUT2D eigenvalue weighted by atomic mass is 32.2. The Morgan fingerprint density at radius 1 is 1.04 bits per heavy atom. The summed E-state index contributed by atoms with van der Waals surface area (Å²) in [5.41, 5.74) is 1.67. The second-order valence-electron chi connectivity index (χ2n) is 4.85. The maximum absolute atomic E-state index is 13.6. The van der Waals surface area contributed by atoms with Crippen LogP contribution in [0.25, 0.3) is 0 Å². The van der Waals surface area contributed by atoms with Crippen LogP contribution in [0.2, 0.25) is 0 Å². The Hall–Kier alpha value is -1.83. The van der Waals surface area contributed by atoms with E-state index in [1.165, 1.54) is 0 Å². The van der Waals surface area contributed by atoms with E-state index in [2.05, 4.69) is 4.72 Å². The summed E-state index contributed by atoms with van der Waals surface area (Å²) in [7, 11) is -4.13. The van der Waals surface area contributed by atoms with Crippen LogP contribution in [0, 0.1) is 11.6 Å². The molecule has 0 saturated heterocycles. The number of nitrogens with one attached hydrogen (secondary N) is 1. The van der Waals surface area contributed by atoms with Gasteiger partial charge in [0.1, 0.15) is 16.5 Å². The van der Waals surface area contributed by atoms with Crippen molar-refractivity contribution in [3.63, 3.8) is 0 Å². The zero-order valence-corrected chi connectivity index (χ0v) is 13.4. The second kappa shape index (κ2) is 7.63. The van der Waals surface area contributed by atoms with Crippen molar-refractivity contribution in [1.29, 1.82) is 0 Å². The first-order valence-electron chi connectivity index (χ1n) is 7.02. The molecule has 2 aromatic rings. The van der Waals surface area contributed by atoms with Gasteiger partial charge in [0.05, 0.1) is 6.61 Å². The van der Waals surface area contributed by atoms with Gasteiger partial charge in [0.15, 0.2) is 0 Å². The predicted molar refractivity (Wildman–Crippen MR) is 82.2 cm³/mol. The number of sulfonamides is 1. The first-order valence-corrected chi connectivity index (χ1v) is 8.51. The molecule has 124 valence electrons. The third-order valence-corrected chi connectivity index (χ3v) is 4.56. The van der Waals surface area contributed by atoms with Crippen molar-refractivity contribution in [1.82, 2.24) is 4.72 Å². The van der Waals surface area contributed by atoms with Crippen LogP contribution in [0.3, 0.4) is 0 Å². The van der Waals surface area contributed by atoms with Gasteiger partial charge in [0.2, 0.25) is 10.0 Å². The molecule has 7 heteroatoms. The summed E-state index contributed by atoms with van der Waals surface area (Å²) in [5.74, 6) is -1.81. The number of ether oxygens (including phenoxy) is 1. The van der Waals surface area contributed by atoms with Crippen molar-refractivity contribution < 1.29 is 21.9 Å². The topological polar surface area (TPSA) is 55.4 Å². The van der Waals surface area contributed by atoms with Crippen LogP contribution < -0.4 is 4.72 Å². The van der Waals surface area contributed by atoms with E-state index in [4.69, 9.17) is 4.74 Å². The van der Waals surface area contributed by atoms with Crippen LogP contribution in [-0.4, -0.2) is 15.0 Å². The number of halogens is 2. The number of hydrogen-bond acceptors (Lipinski definition) is 3. The van der Waals surface area contributed by atoms with Crippen molar-refractivity contribution in [3.8, 4) is 0 Å². The first kappa shape index (κ1) is 17.5. The van der Waals surface area contributed by atoms with Gasteiger partial charge in [-0.1, -0.05) is 24.3 Å². The average Bonchev–Trinajstić information content (AvgIpc) is 2.54. The summed E-state index contributed by atoms with van der Waals surface area (Å²) in [6.07, 6.45) is 0. The Labute approximate surface area is 134 Å². The molecule has 2 aromatic carbocycles. The summed E-state index contributed by atoms with van der Waals surface area (Å²) in [5, 5.41) is 0. The van der Waals surface area contributed by atoms with Crippen LogP contribution in [0.15, 0.2) is 47.4 Å². The summed E-state index contributed by atoms with van der Waals surface area (Å²) < 4.78 is 58.3. The monoisotopic (exact) mass is 341 g/mol. The third-order valence-electron chi connectivity index (χ3n) is 3.14. The van der Waals surface area contributed by atoms with Gasteiger partial charge in [-0.25, -0.2) is 21.9 Å². The molecule has 0 saturated carbocycles. The molecule has 1 N–H and O–H groups in total. The van der Waals surface area contributed by atoms with E-state index < -0.39 is 26.6 Å². The van der Waals surface area contributed by atoms with Gasteiger partial charge in [-0.3, -0.25) is 0 Å². The summed E-state index contributed by atoms with van der Waals surface area (Å²) in [4.78, 5) is -0.703. The van der Waals surface area contributed by atoms with Crippen molar-refractivity contribution in [2.45, 2.75) is 25.0 Å². The lowest BCUT2D eigenvalue weighted by atomic mass is 10.1. The maximum Gasteiger partial charge on any atom is 0.243 e. The van der Waals surface area contributed by atoms with E-state index in [-0.39, 0.29) is 6.54 Å². The van der Waals surface area contributed by atoms with E-state index in [0.717, 1.165) is 17.7 Å². The van der Waals surface area contributed by atoms with Gasteiger partial charge in [0.25, 0.3) is 0 Å². The SMILES string of the molecule is CCOCc1ccc(CNS(=O)(=O)c2cc(F)ccc2F)cc1. The Kier molecular flexibility index (Phi) is 5.81. The number of hydrogen-bond donors (Lipinski definition) is 1. The zero-order valence-electron chi connectivity index (χ0n) is 12.6. The molecule has 0 unspecified atom stereocenters. The molecule has 0 aliphatic carbocycles. The molecule has 0 aliphatic rings. The van der Waals surface area contributed by atoms with Crippen molar-refractivity contribution >= 4 is 10.0 Å². The van der Waals surface area contributed by atoms with Gasteiger partial charge in [-0.2, -0.15) is 0 Å². The van der Waals surface area contributed by atoms with Crippen LogP contribution in [-0.2, 0) is 27.9 Å². The molecule has 0 spiro atoms. The molecule has 2 rings (SSSR count). The standard InChI is InChI=1S/C16H17F2NO3S/c1-2-22-11-13-5-3-12(4-6-13)10-19-23(20,21)16-9-14(17)7-8-15(16)18/h3-9,19H,2,10-11H2,1H3. The Bertz CT molecular complexity index is 761. The van der Waals surface area contributed by atoms with E-state index in [1.807, 2.05) is 19.1 Å². The van der Waals surface area contributed by atoms with E-state index >= 15 is 0 Å². The lowest BCUT2D eigenvalue weighted by molar-refractivity contribution is 0.134. The molecule has 0 heterocycles. The van der Waals surface area contributed by atoms with Gasteiger partial charge in [-0.15, -0.1) is 0 Å². The summed E-state index contributed by atoms with van der Waals surface area (Å²) >= 11 is 0. The van der Waals surface area contributed by atoms with Crippen molar-refractivity contribution in [3.05, 3.63) is 65.2 Å². The van der Waals surface area contributed by atoms with Gasteiger partial charge in [-0.05, 0) is 36.2 Å². The smallest absolute Gasteiger partial charge is 0.243 e. The van der Waals surface area contributed by atoms with E-state index in [1.54, 1.807) is 12.1 Å². The highest BCUT2D eigenvalue weighted by Gasteiger charge is 2.19. The Morgan fingerprint density at radius 3 is 2.35 bits per heavy atom. The zero-order chi connectivity index (χ0) is 16.9. The molecule has 0 aliphatic heterocycles. The lowest BCUT2D eigenvalue weighted by Crippen LogP contribution is -2.24. The van der Waals surface area contributed by atoms with Gasteiger partial charge < -0.3 is 4.74 Å². The van der Waals surface area contributed by atoms with Gasteiger partial charge >= 0.3 is 0 Å². The molecule has 0 fully saturated rings. The molecular formula is C16H17F2NO3S. The highest BCUT2D eigenvalue weighted by Crippen LogP contribution is 2.16. The van der Waals surface area contributed by atoms with Crippen LogP contribution in [0.5, 0.6) is 0 Å². The highest BCUT2D eigenvalue weighted by molar-refractivity contribution is 7.89. The fourth-order valence-electron chi connectivity index (χ4n) is 1.91. The van der Waals surface area contributed by atoms with Crippen molar-refractivity contribution in [2.75, 3.05) is 6.61 Å². The molecule has 4 nitrogen and oxygen atoms in total. The molecule has 0 atom stereocenters. The number of rotatable bonds is 7. The quantitative estimate of drug-likeness (QED) is 0.842. The van der Waals surface area contributed by atoms with E-state index in [0.29, 0.717) is 24.8 Å². The minimum Gasteiger partial charge on any atom is -0.377 e. The first-order chi connectivity index (χ1) is 10.9. The molecule has 0 aromatic heterocycles. The average molecular weight is 341 g/mol. The van der Waals surface area contributed by atoms with E-state index in [9.17, 15) is 17.2 Å². The molecule has 23 heavy (non-hydrogen) atoms. The summed E-state index contributed by atoms with van der Waals surface area (Å²) in [6.45, 7) is 2.97. The second-order valence-corrected chi connectivity index (χ2v) is 6.59. The minimum atomic E-state index is -4.13. The van der Waals surface area contributed by atoms with Crippen LogP contribution in [0.1, 0.15) is 18.1 Å². The summed E-state index contributed by atoms with van der Waals surface area (Å²) in [6, 6.07) is 9.45. The number of benzene rings is 2. The fraction of sp³-hybridized carbons (Fsp3) is 0.250. The normalized spacial score (nSPS) is 11.6. The van der Waals surface area contributed by atoms with Gasteiger partial charge in [0, 0.05) is 13.2 Å². The largest absolute Gasteiger partial charge is 0.377 e. The fourth-order valence-corrected chi connectivity index (χ4v) is 3.02. The molecule has 0 radical (unpaired) electrons. The minimum absolute atomic E-state index is 0.0206. The molecule has 0 amide bonds. The maximum atomic E-state index is 13.6. The van der Waals surface area contributed by atoms with Crippen LogP contribution in [0.4, 0.5) is 8.78 Å². The van der Waals surface area contributed by atoms with Crippen LogP contribution >= 0.6 is 0 Å². The van der Waals surface area contributed by atoms with Crippen molar-refractivity contribution in [2.24, 2.45) is 0 Å². The lowest BCUT2D eigenvalue weighted by Gasteiger charge is -2.09. The Morgan fingerprint density at radius 2 is 1.70 bits per heavy atom. The molecular weight excluding hydrogens is 324 g/mol. The molecule has 0 bridgehead atoms.